The molecular weight excluding hydrogens is 435 g/mol. The summed E-state index contributed by atoms with van der Waals surface area (Å²) < 4.78 is 1.83. The minimum Gasteiger partial charge on any atom is -0.404 e. The highest BCUT2D eigenvalue weighted by atomic mass is 35.5. The lowest BCUT2D eigenvalue weighted by atomic mass is 10.1. The van der Waals surface area contributed by atoms with Gasteiger partial charge in [-0.15, -0.1) is 0 Å². The van der Waals surface area contributed by atoms with Gasteiger partial charge in [0.05, 0.1) is 46.7 Å². The first-order valence-electron chi connectivity index (χ1n) is 9.38. The number of imidazole rings is 1. The third-order valence-electron chi connectivity index (χ3n) is 4.66. The van der Waals surface area contributed by atoms with Crippen LogP contribution in [0.4, 0.5) is 0 Å². The summed E-state index contributed by atoms with van der Waals surface area (Å²) in [6.45, 7) is 0.622. The molecule has 0 bridgehead atoms. The normalized spacial score (nSPS) is 12.1. The third kappa shape index (κ3) is 4.84. The third-order valence-corrected chi connectivity index (χ3v) is 5.10. The SMILES string of the molecule is NC=C(C=NCc1ccc2ncc(Cl)cc2c1)C(=O)NCc1ncn2ccc(Cl)cc12. The average Bonchev–Trinajstić information content (AvgIpc) is 3.16. The van der Waals surface area contributed by atoms with Gasteiger partial charge in [-0.2, -0.15) is 0 Å². The number of benzene rings is 1. The van der Waals surface area contributed by atoms with Crippen LogP contribution in [0, 0.1) is 0 Å². The second-order valence-corrected chi connectivity index (χ2v) is 7.66. The molecule has 0 unspecified atom stereocenters. The fraction of sp³-hybridized carbons (Fsp3) is 0.0909. The second kappa shape index (κ2) is 9.16. The molecule has 0 aliphatic heterocycles. The molecular formula is C22H18Cl2N6O. The number of fused-ring (bicyclic) bond motifs is 2. The van der Waals surface area contributed by atoms with Crippen molar-refractivity contribution in [3.63, 3.8) is 0 Å². The standard InChI is InChI=1S/C22H18Cl2N6O/c23-17-3-4-30-13-29-20(21(30)7-17)12-28-22(31)16(8-25)10-26-9-14-1-2-19-15(5-14)6-18(24)11-27-19/h1-8,10-11,13H,9,12,25H2,(H,28,31). The molecule has 0 aliphatic carbocycles. The van der Waals surface area contributed by atoms with Crippen molar-refractivity contribution in [2.45, 2.75) is 13.1 Å². The number of hydrogen-bond acceptors (Lipinski definition) is 5. The van der Waals surface area contributed by atoms with Crippen molar-refractivity contribution in [1.82, 2.24) is 19.7 Å². The van der Waals surface area contributed by atoms with E-state index in [9.17, 15) is 4.79 Å². The Morgan fingerprint density at radius 2 is 2.03 bits per heavy atom. The lowest BCUT2D eigenvalue weighted by molar-refractivity contribution is -0.117. The maximum Gasteiger partial charge on any atom is 0.254 e. The minimum atomic E-state index is -0.344. The molecule has 4 aromatic rings. The van der Waals surface area contributed by atoms with Crippen LogP contribution >= 0.6 is 23.2 Å². The number of nitrogens with two attached hydrogens (primary N) is 1. The van der Waals surface area contributed by atoms with E-state index in [-0.39, 0.29) is 18.0 Å². The number of carbonyl (C=O) groups is 1. The Morgan fingerprint density at radius 1 is 1.16 bits per heavy atom. The summed E-state index contributed by atoms with van der Waals surface area (Å²) in [5.74, 6) is -0.344. The Morgan fingerprint density at radius 3 is 2.87 bits per heavy atom. The molecule has 0 saturated carbocycles. The van der Waals surface area contributed by atoms with Crippen LogP contribution in [0.3, 0.4) is 0 Å². The van der Waals surface area contributed by atoms with Crippen LogP contribution in [-0.2, 0) is 17.9 Å². The van der Waals surface area contributed by atoms with Crippen molar-refractivity contribution >= 4 is 51.7 Å². The Balaban J connectivity index is 1.39. The highest BCUT2D eigenvalue weighted by Crippen LogP contribution is 2.19. The lowest BCUT2D eigenvalue weighted by Gasteiger charge is -2.05. The maximum atomic E-state index is 12.5. The zero-order valence-electron chi connectivity index (χ0n) is 16.3. The van der Waals surface area contributed by atoms with E-state index in [1.807, 2.05) is 34.9 Å². The van der Waals surface area contributed by atoms with E-state index >= 15 is 0 Å². The van der Waals surface area contributed by atoms with Gasteiger partial charge in [0.1, 0.15) is 0 Å². The van der Waals surface area contributed by atoms with Gasteiger partial charge in [-0.05, 0) is 35.9 Å². The lowest BCUT2D eigenvalue weighted by Crippen LogP contribution is -2.26. The zero-order valence-corrected chi connectivity index (χ0v) is 17.8. The van der Waals surface area contributed by atoms with Crippen LogP contribution in [0.5, 0.6) is 0 Å². The summed E-state index contributed by atoms with van der Waals surface area (Å²) in [7, 11) is 0. The van der Waals surface area contributed by atoms with Crippen molar-refractivity contribution < 1.29 is 4.79 Å². The molecule has 0 atom stereocenters. The van der Waals surface area contributed by atoms with Gasteiger partial charge in [0.25, 0.3) is 5.91 Å². The number of rotatable bonds is 6. The van der Waals surface area contributed by atoms with E-state index in [0.717, 1.165) is 22.0 Å². The van der Waals surface area contributed by atoms with Gasteiger partial charge in [0, 0.05) is 35.2 Å². The van der Waals surface area contributed by atoms with Crippen molar-refractivity contribution in [3.05, 3.63) is 88.2 Å². The number of aromatic nitrogens is 3. The molecule has 4 rings (SSSR count). The van der Waals surface area contributed by atoms with Gasteiger partial charge in [-0.1, -0.05) is 29.3 Å². The van der Waals surface area contributed by atoms with Crippen LogP contribution in [0.1, 0.15) is 11.3 Å². The summed E-state index contributed by atoms with van der Waals surface area (Å²) in [5.41, 5.74) is 9.23. The van der Waals surface area contributed by atoms with Crippen molar-refractivity contribution in [2.75, 3.05) is 0 Å². The molecule has 31 heavy (non-hydrogen) atoms. The topological polar surface area (TPSA) is 97.7 Å². The number of pyridine rings is 2. The summed E-state index contributed by atoms with van der Waals surface area (Å²) in [4.78, 5) is 25.4. The Kier molecular flexibility index (Phi) is 6.16. The van der Waals surface area contributed by atoms with Crippen molar-refractivity contribution in [2.24, 2.45) is 10.7 Å². The smallest absolute Gasteiger partial charge is 0.254 e. The number of nitrogens with one attached hydrogen (secondary N) is 1. The molecule has 1 amide bonds. The Bertz CT molecular complexity index is 1330. The predicted molar refractivity (Wildman–Crippen MR) is 123 cm³/mol. The minimum absolute atomic E-state index is 0.235. The molecule has 156 valence electrons. The quantitative estimate of drug-likeness (QED) is 0.342. The van der Waals surface area contributed by atoms with Gasteiger partial charge < -0.3 is 15.5 Å². The maximum absolute atomic E-state index is 12.5. The molecule has 3 aromatic heterocycles. The van der Waals surface area contributed by atoms with Gasteiger partial charge in [-0.25, -0.2) is 4.98 Å². The number of halogens is 2. The molecule has 0 fully saturated rings. The molecule has 0 saturated heterocycles. The first kappa shape index (κ1) is 20.8. The van der Waals surface area contributed by atoms with E-state index < -0.39 is 0 Å². The van der Waals surface area contributed by atoms with Gasteiger partial charge in [0.2, 0.25) is 0 Å². The highest BCUT2D eigenvalue weighted by molar-refractivity contribution is 6.31. The first-order chi connectivity index (χ1) is 15.0. The summed E-state index contributed by atoms with van der Waals surface area (Å²) >= 11 is 12.1. The fourth-order valence-electron chi connectivity index (χ4n) is 3.10. The van der Waals surface area contributed by atoms with E-state index in [1.54, 1.807) is 24.7 Å². The Labute approximate surface area is 188 Å². The molecule has 1 aromatic carbocycles. The predicted octanol–water partition coefficient (Wildman–Crippen LogP) is 3.92. The molecule has 9 heteroatoms. The van der Waals surface area contributed by atoms with E-state index in [1.165, 1.54) is 12.4 Å². The highest BCUT2D eigenvalue weighted by Gasteiger charge is 2.10. The second-order valence-electron chi connectivity index (χ2n) is 6.78. The van der Waals surface area contributed by atoms with Crippen molar-refractivity contribution in [1.29, 1.82) is 0 Å². The van der Waals surface area contributed by atoms with Gasteiger partial charge >= 0.3 is 0 Å². The van der Waals surface area contributed by atoms with Crippen LogP contribution in [0.2, 0.25) is 10.0 Å². The van der Waals surface area contributed by atoms with Crippen LogP contribution in [0.15, 0.2) is 71.9 Å². The monoisotopic (exact) mass is 452 g/mol. The van der Waals surface area contributed by atoms with Crippen molar-refractivity contribution in [3.8, 4) is 0 Å². The summed E-state index contributed by atoms with van der Waals surface area (Å²) in [6, 6.07) is 11.2. The van der Waals surface area contributed by atoms with Gasteiger partial charge in [0.15, 0.2) is 0 Å². The number of nitrogens with zero attached hydrogens (tertiary/aromatic N) is 4. The number of amides is 1. The first-order valence-corrected chi connectivity index (χ1v) is 10.1. The molecule has 0 spiro atoms. The van der Waals surface area contributed by atoms with Crippen LogP contribution in [-0.4, -0.2) is 26.5 Å². The van der Waals surface area contributed by atoms with E-state index in [0.29, 0.717) is 22.3 Å². The summed E-state index contributed by atoms with van der Waals surface area (Å²) in [5, 5.41) is 4.91. The molecule has 3 N–H and O–H groups in total. The average molecular weight is 453 g/mol. The molecule has 0 aliphatic rings. The van der Waals surface area contributed by atoms with Crippen LogP contribution in [0.25, 0.3) is 16.4 Å². The molecule has 7 nitrogen and oxygen atoms in total. The number of hydrogen-bond donors (Lipinski definition) is 2. The fourth-order valence-corrected chi connectivity index (χ4v) is 3.42. The number of carbonyl (C=O) groups excluding carboxylic acids is 1. The molecule has 3 heterocycles. The summed E-state index contributed by atoms with van der Waals surface area (Å²) in [6.07, 6.45) is 7.77. The number of aliphatic imine (C=N–C) groups is 1. The Hall–Kier alpha value is -3.42. The molecule has 0 radical (unpaired) electrons. The van der Waals surface area contributed by atoms with E-state index in [2.05, 4.69) is 20.3 Å². The van der Waals surface area contributed by atoms with Gasteiger partial charge in [-0.3, -0.25) is 14.8 Å². The van der Waals surface area contributed by atoms with E-state index in [4.69, 9.17) is 28.9 Å². The van der Waals surface area contributed by atoms with Crippen LogP contribution < -0.4 is 11.1 Å². The zero-order chi connectivity index (χ0) is 21.8. The largest absolute Gasteiger partial charge is 0.404 e.